The molecule has 8 N–H and O–H groups in total. The van der Waals surface area contributed by atoms with Crippen molar-refractivity contribution in [3.63, 3.8) is 0 Å². The second kappa shape index (κ2) is 13.5. The number of phenols is 6. The number of anilines is 1. The summed E-state index contributed by atoms with van der Waals surface area (Å²) in [5.41, 5.74) is 11.3. The topological polar surface area (TPSA) is 177 Å². The first-order chi connectivity index (χ1) is 24.7. The van der Waals surface area contributed by atoms with Crippen molar-refractivity contribution < 1.29 is 35.4 Å². The molecule has 6 aromatic carbocycles. The molecule has 6 aromatic rings. The Labute approximate surface area is 301 Å². The molecular weight excluding hydrogens is 656 g/mol. The van der Waals surface area contributed by atoms with E-state index in [1.165, 1.54) is 6.21 Å². The standard InChI is InChI=1S/C43H42N2O7/c1-20(2)32-28-15-22(5)34(35-23(6)16-29-33(21(3)4)43(52)39(48)31(19-46)37(29)41(35)50)40(49)36(28)30(38(47)42(32)51)18-45-27-13-9-25(10-14-27)17-24-7-11-26(44)12-8-24/h7-16,18-21,47-52H,17,44H2,1-6H3. The van der Waals surface area contributed by atoms with Crippen LogP contribution in [0.4, 0.5) is 11.4 Å². The van der Waals surface area contributed by atoms with Crippen LogP contribution in [0, 0.1) is 13.8 Å². The van der Waals surface area contributed by atoms with Crippen molar-refractivity contribution >= 4 is 45.4 Å². The summed E-state index contributed by atoms with van der Waals surface area (Å²) in [6, 6.07) is 18.7. The molecule has 9 nitrogen and oxygen atoms in total. The number of nitrogens with two attached hydrogens (primary N) is 1. The quantitative estimate of drug-likeness (QED) is 0.0356. The van der Waals surface area contributed by atoms with Crippen molar-refractivity contribution in [1.82, 2.24) is 0 Å². The number of aromatic hydroxyl groups is 6. The van der Waals surface area contributed by atoms with Gasteiger partial charge in [-0.25, -0.2) is 0 Å². The molecule has 0 saturated carbocycles. The molecule has 0 aliphatic rings. The van der Waals surface area contributed by atoms with Crippen LogP contribution in [0.15, 0.2) is 65.7 Å². The molecule has 0 atom stereocenters. The third-order valence-electron chi connectivity index (χ3n) is 9.77. The highest BCUT2D eigenvalue weighted by Gasteiger charge is 2.29. The molecule has 0 aromatic heterocycles. The third-order valence-corrected chi connectivity index (χ3v) is 9.77. The molecule has 0 heterocycles. The van der Waals surface area contributed by atoms with Crippen molar-refractivity contribution in [3.05, 3.63) is 105 Å². The van der Waals surface area contributed by atoms with Gasteiger partial charge in [0.2, 0.25) is 0 Å². The largest absolute Gasteiger partial charge is 0.507 e. The second-order valence-corrected chi connectivity index (χ2v) is 14.0. The molecule has 0 radical (unpaired) electrons. The maximum absolute atomic E-state index is 12.3. The van der Waals surface area contributed by atoms with Crippen molar-refractivity contribution in [2.45, 2.75) is 59.8 Å². The first kappa shape index (κ1) is 35.6. The molecule has 0 fully saturated rings. The molecule has 266 valence electrons. The van der Waals surface area contributed by atoms with Gasteiger partial charge in [-0.05, 0) is 89.4 Å². The maximum atomic E-state index is 12.3. The van der Waals surface area contributed by atoms with Crippen LogP contribution in [0.2, 0.25) is 0 Å². The van der Waals surface area contributed by atoms with Crippen molar-refractivity contribution in [2.24, 2.45) is 4.99 Å². The average molecular weight is 699 g/mol. The molecule has 6 rings (SSSR count). The zero-order chi connectivity index (χ0) is 37.8. The lowest BCUT2D eigenvalue weighted by molar-refractivity contribution is 0.112. The average Bonchev–Trinajstić information content (AvgIpc) is 3.09. The summed E-state index contributed by atoms with van der Waals surface area (Å²) in [5.74, 6) is -3.05. The summed E-state index contributed by atoms with van der Waals surface area (Å²) in [5, 5.41) is 69.7. The van der Waals surface area contributed by atoms with Crippen LogP contribution in [0.25, 0.3) is 32.7 Å². The van der Waals surface area contributed by atoms with Gasteiger partial charge in [0.15, 0.2) is 29.3 Å². The SMILES string of the molecule is Cc1cc2c(C(C)C)c(O)c(O)c(C=O)c2c(O)c1-c1c(C)cc2c(C(C)C)c(O)c(O)c(C=Nc3ccc(Cc4ccc(N)cc4)cc3)c2c1O. The normalized spacial score (nSPS) is 11.8. The second-order valence-electron chi connectivity index (χ2n) is 14.0. The van der Waals surface area contributed by atoms with Crippen LogP contribution in [0.5, 0.6) is 34.5 Å². The van der Waals surface area contributed by atoms with Crippen LogP contribution in [0.3, 0.4) is 0 Å². The molecule has 52 heavy (non-hydrogen) atoms. The summed E-state index contributed by atoms with van der Waals surface area (Å²) in [6.45, 7) is 10.9. The van der Waals surface area contributed by atoms with E-state index in [1.807, 2.05) is 76.2 Å². The van der Waals surface area contributed by atoms with E-state index in [0.717, 1.165) is 11.1 Å². The number of nitrogens with zero attached hydrogens (tertiary/aromatic N) is 1. The number of carbonyl (C=O) groups excluding carboxylic acids is 1. The van der Waals surface area contributed by atoms with E-state index in [-0.39, 0.29) is 62.1 Å². The summed E-state index contributed by atoms with van der Waals surface area (Å²) in [6.07, 6.45) is 2.47. The lowest BCUT2D eigenvalue weighted by Gasteiger charge is -2.23. The Balaban J connectivity index is 1.58. The van der Waals surface area contributed by atoms with E-state index in [2.05, 4.69) is 4.99 Å². The molecule has 0 aliphatic carbocycles. The number of aryl methyl sites for hydroxylation is 2. The number of carbonyl (C=O) groups is 1. The van der Waals surface area contributed by atoms with Gasteiger partial charge in [0.1, 0.15) is 11.5 Å². The highest BCUT2D eigenvalue weighted by Crippen LogP contribution is 2.54. The zero-order valence-corrected chi connectivity index (χ0v) is 29.9. The Kier molecular flexibility index (Phi) is 9.23. The van der Waals surface area contributed by atoms with Crippen LogP contribution in [-0.2, 0) is 6.42 Å². The number of aldehydes is 1. The first-order valence-electron chi connectivity index (χ1n) is 17.1. The van der Waals surface area contributed by atoms with Crippen LogP contribution in [-0.4, -0.2) is 43.1 Å². The zero-order valence-electron chi connectivity index (χ0n) is 29.9. The number of hydrogen-bond acceptors (Lipinski definition) is 9. The van der Waals surface area contributed by atoms with Gasteiger partial charge in [-0.3, -0.25) is 9.79 Å². The Morgan fingerprint density at radius 2 is 1.04 bits per heavy atom. The van der Waals surface area contributed by atoms with Gasteiger partial charge >= 0.3 is 0 Å². The molecule has 0 saturated heterocycles. The molecule has 9 heteroatoms. The molecular formula is C43H42N2O7. The summed E-state index contributed by atoms with van der Waals surface area (Å²) >= 11 is 0. The molecule has 0 aliphatic heterocycles. The number of nitrogen functional groups attached to an aromatic ring is 1. The highest BCUT2D eigenvalue weighted by molar-refractivity contribution is 6.14. The Morgan fingerprint density at radius 1 is 0.615 bits per heavy atom. The van der Waals surface area contributed by atoms with Gasteiger partial charge in [0, 0.05) is 44.9 Å². The third kappa shape index (κ3) is 5.88. The van der Waals surface area contributed by atoms with Crippen molar-refractivity contribution in [1.29, 1.82) is 0 Å². The van der Waals surface area contributed by atoms with Crippen molar-refractivity contribution in [3.8, 4) is 45.6 Å². The number of aliphatic imine (C=N–C) groups is 1. The van der Waals surface area contributed by atoms with Gasteiger partial charge in [0.25, 0.3) is 0 Å². The van der Waals surface area contributed by atoms with Gasteiger partial charge < -0.3 is 36.4 Å². The number of rotatable bonds is 8. The van der Waals surface area contributed by atoms with Gasteiger partial charge in [-0.2, -0.15) is 0 Å². The van der Waals surface area contributed by atoms with E-state index >= 15 is 0 Å². The van der Waals surface area contributed by atoms with Crippen LogP contribution < -0.4 is 5.73 Å². The van der Waals surface area contributed by atoms with Crippen LogP contribution in [0.1, 0.15) is 88.8 Å². The minimum atomic E-state index is -0.644. The molecule has 0 unspecified atom stereocenters. The first-order valence-corrected chi connectivity index (χ1v) is 17.1. The fourth-order valence-corrected chi connectivity index (χ4v) is 7.32. The molecule has 0 amide bonds. The lowest BCUT2D eigenvalue weighted by atomic mass is 9.83. The van der Waals surface area contributed by atoms with Gasteiger partial charge in [-0.1, -0.05) is 64.1 Å². The summed E-state index contributed by atoms with van der Waals surface area (Å²) < 4.78 is 0. The van der Waals surface area contributed by atoms with E-state index < -0.39 is 17.2 Å². The number of phenolic OH excluding ortho intramolecular Hbond substituents is 6. The number of hydrogen-bond donors (Lipinski definition) is 7. The monoisotopic (exact) mass is 698 g/mol. The smallest absolute Gasteiger partial charge is 0.169 e. The minimum absolute atomic E-state index is 0.0338. The van der Waals surface area contributed by atoms with E-state index in [0.29, 0.717) is 57.1 Å². The number of fused-ring (bicyclic) bond motifs is 2. The Morgan fingerprint density at radius 3 is 1.48 bits per heavy atom. The van der Waals surface area contributed by atoms with Gasteiger partial charge in [0.05, 0.1) is 16.8 Å². The van der Waals surface area contributed by atoms with Crippen molar-refractivity contribution in [2.75, 3.05) is 5.73 Å². The lowest BCUT2D eigenvalue weighted by Crippen LogP contribution is -2.01. The fourth-order valence-electron chi connectivity index (χ4n) is 7.32. The maximum Gasteiger partial charge on any atom is 0.169 e. The predicted octanol–water partition coefficient (Wildman–Crippen LogP) is 9.49. The predicted molar refractivity (Wildman–Crippen MR) is 207 cm³/mol. The van der Waals surface area contributed by atoms with Crippen LogP contribution >= 0.6 is 0 Å². The Bertz CT molecular complexity index is 2430. The molecule has 0 spiro atoms. The molecule has 0 bridgehead atoms. The van der Waals surface area contributed by atoms with E-state index in [1.54, 1.807) is 26.0 Å². The Hall–Kier alpha value is -6.22. The highest BCUT2D eigenvalue weighted by atomic mass is 16.3. The fraction of sp³-hybridized carbons (Fsp3) is 0.209. The summed E-state index contributed by atoms with van der Waals surface area (Å²) in [4.78, 5) is 16.9. The van der Waals surface area contributed by atoms with Gasteiger partial charge in [-0.15, -0.1) is 0 Å². The summed E-state index contributed by atoms with van der Waals surface area (Å²) in [7, 11) is 0. The minimum Gasteiger partial charge on any atom is -0.507 e. The number of benzene rings is 6. The van der Waals surface area contributed by atoms with E-state index in [9.17, 15) is 35.4 Å². The van der Waals surface area contributed by atoms with E-state index in [4.69, 9.17) is 5.73 Å².